The van der Waals surface area contributed by atoms with E-state index in [1.807, 2.05) is 108 Å². The van der Waals surface area contributed by atoms with Gasteiger partial charge in [-0.05, 0) is 120 Å². The van der Waals surface area contributed by atoms with Gasteiger partial charge in [0.25, 0.3) is 25.7 Å². The molecule has 2 aliphatic rings. The minimum atomic E-state index is -4.01. The van der Waals surface area contributed by atoms with Crippen molar-refractivity contribution in [2.24, 2.45) is 11.8 Å². The van der Waals surface area contributed by atoms with E-state index in [0.29, 0.717) is 53.8 Å². The molecule has 0 saturated carbocycles. The van der Waals surface area contributed by atoms with Gasteiger partial charge in [0, 0.05) is 98.8 Å². The molecule has 25 nitrogen and oxygen atoms in total. The monoisotopic (exact) mass is 1300 g/mol. The third-order valence-electron chi connectivity index (χ3n) is 13.5. The Hall–Kier alpha value is -8.44. The maximum Gasteiger partial charge on any atom is 1.00 e. The number of likely N-dealkylation sites (tertiary alicyclic amines) is 2. The van der Waals surface area contributed by atoms with Gasteiger partial charge in [-0.3, -0.25) is 14.9 Å². The van der Waals surface area contributed by atoms with Gasteiger partial charge in [-0.1, -0.05) is 72.8 Å². The summed E-state index contributed by atoms with van der Waals surface area (Å²) in [6.45, 7) is 18.0. The molecule has 1 N–H and O–H groups in total. The number of nitrogens with one attached hydrogen (secondary N) is 1. The Kier molecular flexibility index (Phi) is 26.2. The minimum Gasteiger partial charge on any atom is -0.793 e. The Morgan fingerprint density at radius 1 is 0.604 bits per heavy atom. The predicted molar refractivity (Wildman–Crippen MR) is 336 cm³/mol. The van der Waals surface area contributed by atoms with Gasteiger partial charge in [0.1, 0.15) is 17.5 Å². The Bertz CT molecular complexity index is 4090. The molecule has 2 fully saturated rings. The first-order valence-corrected chi connectivity index (χ1v) is 31.2. The molecule has 8 aromatic rings. The number of nitrogens with zero attached hydrogens (tertiary/aromatic N) is 7. The quantitative estimate of drug-likeness (QED) is 0.0486. The van der Waals surface area contributed by atoms with Crippen LogP contribution in [0.25, 0.3) is 43.4 Å². The number of anilines is 1. The van der Waals surface area contributed by atoms with E-state index in [9.17, 15) is 55.7 Å². The zero-order chi connectivity index (χ0) is 66.1. The van der Waals surface area contributed by atoms with Crippen LogP contribution in [0.3, 0.4) is 0 Å². The standard InChI is InChI=1S/C28H32N4O4S.C17H11N3O4S.C11H19NO3.C4H6O4.C2H3BO2.Na/c1-28(2,3)36-27(33)31-15-13-20(14-16-31)18-29-23-12-11-22-19-30-32(25(22)17-23)37(34,35)26-10-6-8-21-7-4-5-9-24(21)26;21-20(22)14-9-8-13-11-18-19(16(13)10-14)25(23,24)17-7-3-5-12-4-1-2-6-15(12)17;1-11(2,3)15-10(14)12-6-4-9(8-13)5-7-12;1-3(5)7-8-4(2)6;1-2(4)5-3;/h4-12,17,19-20,29H,13-16,18H2,1-3H3;1-11H;8-9H,4-7H2,1-3H3;1-2H3;1H3;/q;;;;-1;+1. The number of amides is 2. The predicted octanol–water partition coefficient (Wildman–Crippen LogP) is 7.32. The van der Waals surface area contributed by atoms with Crippen molar-refractivity contribution in [3.05, 3.63) is 144 Å². The molecule has 0 aliphatic carbocycles. The summed E-state index contributed by atoms with van der Waals surface area (Å²) in [7, 11) is -3.59. The summed E-state index contributed by atoms with van der Waals surface area (Å²) in [6.07, 6.45) is 6.66. The second kappa shape index (κ2) is 32.5. The first kappa shape index (κ1) is 73.3. The Balaban J connectivity index is 0.000000239. The van der Waals surface area contributed by atoms with Crippen molar-refractivity contribution in [1.82, 2.24) is 28.2 Å². The third-order valence-corrected chi connectivity index (χ3v) is 16.8. The van der Waals surface area contributed by atoms with Crippen LogP contribution < -0.4 is 34.9 Å². The molecular weight excluding hydrogens is 1230 g/mol. The van der Waals surface area contributed by atoms with E-state index >= 15 is 0 Å². The molecule has 29 heteroatoms. The molecular formula is C62H71BN8NaO17S2. The van der Waals surface area contributed by atoms with Crippen LogP contribution in [0, 0.1) is 22.0 Å². The SMILES string of the molecule is CC(=O)OOC(C)=O.CC(C)(C)OC(=O)N1CCC(C=O)CC1.CC(C)(C)OC(=O)N1CCC(CNc2ccc3cnn(S(=O)(=O)c4cccc5ccccc45)c3c2)CC1.O=[N+]([O-])c1ccc2cnn(S(=O)(=O)c3cccc4ccccc34)c2c1.[B-]OC(C)=O.[Na+]. The average molecular weight is 1300 g/mol. The van der Waals surface area contributed by atoms with Crippen molar-refractivity contribution in [2.75, 3.05) is 38.0 Å². The molecule has 10 rings (SSSR count). The summed E-state index contributed by atoms with van der Waals surface area (Å²) < 4.78 is 69.9. The number of nitro groups is 1. The molecule has 6 aromatic carbocycles. The number of non-ortho nitro benzene ring substituents is 1. The average Bonchev–Trinajstić information content (AvgIpc) is 1.74. The first-order valence-electron chi connectivity index (χ1n) is 28.4. The van der Waals surface area contributed by atoms with E-state index in [2.05, 4.69) is 38.0 Å². The van der Waals surface area contributed by atoms with Crippen molar-refractivity contribution in [2.45, 2.75) is 109 Å². The maximum atomic E-state index is 13.6. The van der Waals surface area contributed by atoms with Crippen LogP contribution in [0.2, 0.25) is 0 Å². The number of carbonyl (C=O) groups is 6. The fourth-order valence-corrected chi connectivity index (χ4v) is 12.2. The Labute approximate surface area is 550 Å². The number of aromatic nitrogens is 4. The molecule has 0 bridgehead atoms. The molecule has 4 heterocycles. The van der Waals surface area contributed by atoms with Gasteiger partial charge >= 0.3 is 53.7 Å². The summed E-state index contributed by atoms with van der Waals surface area (Å²) in [5, 5.41) is 26.8. The number of benzene rings is 6. The number of rotatable bonds is 9. The number of carbonyl (C=O) groups excluding carboxylic acids is 6. The smallest absolute Gasteiger partial charge is 0.793 e. The molecule has 2 amide bonds. The van der Waals surface area contributed by atoms with E-state index in [-0.39, 0.29) is 68.7 Å². The number of hydrogen-bond acceptors (Lipinski definition) is 20. The minimum absolute atomic E-state index is 0. The summed E-state index contributed by atoms with van der Waals surface area (Å²) in [5.74, 6) is -1.23. The normalized spacial score (nSPS) is 13.6. The topological polar surface area (TPSA) is 314 Å². The maximum absolute atomic E-state index is 13.6. The van der Waals surface area contributed by atoms with Crippen LogP contribution in [0.5, 0.6) is 0 Å². The fourth-order valence-electron chi connectivity index (χ4n) is 9.18. The second-order valence-electron chi connectivity index (χ2n) is 22.7. The van der Waals surface area contributed by atoms with Gasteiger partial charge in [0.05, 0.1) is 38.1 Å². The van der Waals surface area contributed by atoms with Gasteiger partial charge in [-0.15, -0.1) is 0 Å². The molecule has 2 aliphatic heterocycles. The van der Waals surface area contributed by atoms with E-state index in [4.69, 9.17) is 9.47 Å². The molecule has 0 atom stereocenters. The van der Waals surface area contributed by atoms with Crippen molar-refractivity contribution in [3.8, 4) is 0 Å². The molecule has 91 heavy (non-hydrogen) atoms. The third kappa shape index (κ3) is 20.8. The van der Waals surface area contributed by atoms with Gasteiger partial charge in [0.15, 0.2) is 0 Å². The van der Waals surface area contributed by atoms with Crippen LogP contribution >= 0.6 is 0 Å². The van der Waals surface area contributed by atoms with E-state index in [1.165, 1.54) is 37.4 Å². The van der Waals surface area contributed by atoms with Gasteiger partial charge < -0.3 is 42.1 Å². The first-order chi connectivity index (χ1) is 42.4. The molecule has 2 saturated heterocycles. The van der Waals surface area contributed by atoms with E-state index in [1.54, 1.807) is 46.3 Å². The molecule has 3 radical (unpaired) electrons. The Morgan fingerprint density at radius 3 is 1.42 bits per heavy atom. The molecule has 0 unspecified atom stereocenters. The largest absolute Gasteiger partial charge is 1.00 e. The number of hydrogen-bond donors (Lipinski definition) is 1. The van der Waals surface area contributed by atoms with Gasteiger partial charge in [0.2, 0.25) is 5.97 Å². The van der Waals surface area contributed by atoms with Gasteiger partial charge in [-0.2, -0.15) is 35.2 Å². The van der Waals surface area contributed by atoms with E-state index < -0.39 is 54.1 Å². The van der Waals surface area contributed by atoms with Crippen LogP contribution in [0.1, 0.15) is 88.0 Å². The number of ether oxygens (including phenoxy) is 2. The van der Waals surface area contributed by atoms with Crippen molar-refractivity contribution >= 4 is 119 Å². The summed E-state index contributed by atoms with van der Waals surface area (Å²) in [5.41, 5.74) is 0.388. The molecule has 2 aromatic heterocycles. The molecule has 0 spiro atoms. The summed E-state index contributed by atoms with van der Waals surface area (Å²) >= 11 is 0. The summed E-state index contributed by atoms with van der Waals surface area (Å²) in [4.78, 5) is 85.5. The van der Waals surface area contributed by atoms with Crippen LogP contribution in [-0.4, -0.2) is 138 Å². The number of fused-ring (bicyclic) bond motifs is 4. The fraction of sp³-hybridized carbons (Fsp3) is 0.355. The zero-order valence-corrected chi connectivity index (χ0v) is 55.9. The number of aldehydes is 1. The molecule has 477 valence electrons. The van der Waals surface area contributed by atoms with Crippen LogP contribution in [0.15, 0.2) is 144 Å². The zero-order valence-electron chi connectivity index (χ0n) is 52.3. The van der Waals surface area contributed by atoms with Crippen LogP contribution in [-0.2, 0) is 63.1 Å². The van der Waals surface area contributed by atoms with Crippen molar-refractivity contribution in [3.63, 3.8) is 0 Å². The van der Waals surface area contributed by atoms with Crippen LogP contribution in [0.4, 0.5) is 21.0 Å². The second-order valence-corrected chi connectivity index (χ2v) is 26.2. The Morgan fingerprint density at radius 2 is 1.01 bits per heavy atom. The number of nitro benzene ring substituents is 1. The van der Waals surface area contributed by atoms with E-state index in [0.717, 1.165) is 82.4 Å². The van der Waals surface area contributed by atoms with Crippen molar-refractivity contribution < 1.29 is 104 Å². The van der Waals surface area contributed by atoms with Crippen molar-refractivity contribution in [1.29, 1.82) is 0 Å². The summed E-state index contributed by atoms with van der Waals surface area (Å²) in [6, 6.07) is 34.5. The number of piperidine rings is 2. The van der Waals surface area contributed by atoms with Gasteiger partial charge in [-0.25, -0.2) is 29.0 Å².